The molecule has 3 aromatic rings. The number of carbonyl (C=O) groups is 1. The van der Waals surface area contributed by atoms with Gasteiger partial charge >= 0.3 is 0 Å². The number of benzene rings is 2. The largest absolute Gasteiger partial charge is 0.380 e. The first-order chi connectivity index (χ1) is 17.0. The van der Waals surface area contributed by atoms with Crippen molar-refractivity contribution in [3.63, 3.8) is 0 Å². The van der Waals surface area contributed by atoms with Crippen molar-refractivity contribution in [1.82, 2.24) is 4.98 Å². The van der Waals surface area contributed by atoms with Crippen LogP contribution >= 0.6 is 0 Å². The SMILES string of the molecule is COCc1ccc(-c2ccc(N(CC3(N)CCCC3)C(=O)[C@@H]3C[C@H]3c3cccc(F)n3)cc2)cc1. The highest BCUT2D eigenvalue weighted by molar-refractivity contribution is 5.98. The second-order valence-corrected chi connectivity index (χ2v) is 10.0. The monoisotopic (exact) mass is 473 g/mol. The molecule has 2 N–H and O–H groups in total. The second kappa shape index (κ2) is 9.88. The molecular formula is C29H32FN3O2. The number of aromatic nitrogens is 1. The van der Waals surface area contributed by atoms with Crippen molar-refractivity contribution in [2.45, 2.75) is 50.2 Å². The van der Waals surface area contributed by atoms with Gasteiger partial charge in [-0.2, -0.15) is 4.39 Å². The smallest absolute Gasteiger partial charge is 0.230 e. The molecule has 6 heteroatoms. The Kier molecular flexibility index (Phi) is 6.67. The Morgan fingerprint density at radius 3 is 2.34 bits per heavy atom. The summed E-state index contributed by atoms with van der Waals surface area (Å²) in [5.74, 6) is -0.685. The predicted molar refractivity (Wildman–Crippen MR) is 135 cm³/mol. The van der Waals surface area contributed by atoms with Gasteiger partial charge in [0.25, 0.3) is 0 Å². The predicted octanol–water partition coefficient (Wildman–Crippen LogP) is 5.44. The molecule has 0 bridgehead atoms. The van der Waals surface area contributed by atoms with Crippen LogP contribution in [0.25, 0.3) is 11.1 Å². The third-order valence-corrected chi connectivity index (χ3v) is 7.34. The first kappa shape index (κ1) is 23.6. The van der Waals surface area contributed by atoms with Gasteiger partial charge in [0.1, 0.15) is 0 Å². The van der Waals surface area contributed by atoms with Crippen molar-refractivity contribution >= 4 is 11.6 Å². The minimum Gasteiger partial charge on any atom is -0.380 e. The minimum atomic E-state index is -0.504. The third-order valence-electron chi connectivity index (χ3n) is 7.34. The standard InChI is InChI=1S/C29H32FN3O2/c1-35-18-20-7-9-21(10-8-20)22-11-13-23(14-12-22)33(19-29(31)15-2-3-16-29)28(34)25-17-24(25)26-5-4-6-27(30)32-26/h4-14,24-25H,2-3,15-19,31H2,1H3/t24-,25-/m1/s1. The summed E-state index contributed by atoms with van der Waals surface area (Å²) in [5.41, 5.74) is 11.2. The van der Waals surface area contributed by atoms with Crippen LogP contribution in [0.15, 0.2) is 66.7 Å². The number of halogens is 1. The molecule has 2 atom stereocenters. The molecule has 1 heterocycles. The Morgan fingerprint density at radius 2 is 1.71 bits per heavy atom. The van der Waals surface area contributed by atoms with Gasteiger partial charge in [0.2, 0.25) is 11.9 Å². The summed E-state index contributed by atoms with van der Waals surface area (Å²) in [5, 5.41) is 0. The second-order valence-electron chi connectivity index (χ2n) is 10.0. The average Bonchev–Trinajstić information content (AvgIpc) is 3.56. The normalized spacial score (nSPS) is 20.5. The lowest BCUT2D eigenvalue weighted by atomic mass is 9.97. The summed E-state index contributed by atoms with van der Waals surface area (Å²) in [6.45, 7) is 1.08. The van der Waals surface area contributed by atoms with E-state index in [1.807, 2.05) is 17.0 Å². The van der Waals surface area contributed by atoms with Crippen LogP contribution in [0.5, 0.6) is 0 Å². The number of nitrogens with two attached hydrogens (primary N) is 1. The molecule has 35 heavy (non-hydrogen) atoms. The van der Waals surface area contributed by atoms with Gasteiger partial charge < -0.3 is 15.4 Å². The van der Waals surface area contributed by atoms with Gasteiger partial charge in [0.05, 0.1) is 6.61 Å². The van der Waals surface area contributed by atoms with E-state index in [1.54, 1.807) is 19.2 Å². The number of rotatable bonds is 8. The lowest BCUT2D eigenvalue weighted by Gasteiger charge is -2.33. The highest BCUT2D eigenvalue weighted by Crippen LogP contribution is 2.48. The molecule has 2 aliphatic carbocycles. The molecule has 1 amide bonds. The van der Waals surface area contributed by atoms with E-state index >= 15 is 0 Å². The molecule has 0 aliphatic heterocycles. The Bertz CT molecular complexity index is 1170. The maximum atomic E-state index is 13.7. The fourth-order valence-corrected chi connectivity index (χ4v) is 5.27. The van der Waals surface area contributed by atoms with Crippen LogP contribution in [-0.2, 0) is 16.1 Å². The lowest BCUT2D eigenvalue weighted by molar-refractivity contribution is -0.120. The Morgan fingerprint density at radius 1 is 1.06 bits per heavy atom. The quantitative estimate of drug-likeness (QED) is 0.442. The molecule has 5 nitrogen and oxygen atoms in total. The van der Waals surface area contributed by atoms with Gasteiger partial charge in [0, 0.05) is 42.4 Å². The molecule has 0 saturated heterocycles. The van der Waals surface area contributed by atoms with E-state index in [2.05, 4.69) is 41.4 Å². The molecule has 1 aromatic heterocycles. The van der Waals surface area contributed by atoms with Crippen molar-refractivity contribution in [1.29, 1.82) is 0 Å². The molecule has 5 rings (SSSR count). The van der Waals surface area contributed by atoms with Gasteiger partial charge in [-0.3, -0.25) is 4.79 Å². The van der Waals surface area contributed by atoms with Crippen LogP contribution in [-0.4, -0.2) is 30.1 Å². The van der Waals surface area contributed by atoms with Crippen LogP contribution in [0, 0.1) is 11.9 Å². The van der Waals surface area contributed by atoms with Gasteiger partial charge in [-0.05, 0) is 60.2 Å². The molecule has 182 valence electrons. The van der Waals surface area contributed by atoms with Crippen molar-refractivity contribution in [2.24, 2.45) is 11.7 Å². The molecule has 0 spiro atoms. The zero-order valence-electron chi connectivity index (χ0n) is 20.1. The summed E-state index contributed by atoms with van der Waals surface area (Å²) in [4.78, 5) is 19.6. The topological polar surface area (TPSA) is 68.5 Å². The van der Waals surface area contributed by atoms with Crippen LogP contribution in [0.2, 0.25) is 0 Å². The molecular weight excluding hydrogens is 441 g/mol. The summed E-state index contributed by atoms with van der Waals surface area (Å²) in [6.07, 6.45) is 4.71. The van der Waals surface area contributed by atoms with E-state index in [9.17, 15) is 9.18 Å². The maximum absolute atomic E-state index is 13.7. The van der Waals surface area contributed by atoms with Gasteiger partial charge in [0.15, 0.2) is 0 Å². The lowest BCUT2D eigenvalue weighted by Crippen LogP contribution is -2.50. The molecule has 2 saturated carbocycles. The summed E-state index contributed by atoms with van der Waals surface area (Å²) in [6, 6.07) is 21.2. The number of pyridine rings is 1. The van der Waals surface area contributed by atoms with Crippen LogP contribution in [0.1, 0.15) is 49.3 Å². The zero-order chi connectivity index (χ0) is 24.4. The third kappa shape index (κ3) is 5.29. The zero-order valence-corrected chi connectivity index (χ0v) is 20.1. The van der Waals surface area contributed by atoms with Gasteiger partial charge in [-0.25, -0.2) is 4.98 Å². The number of amides is 1. The number of methoxy groups -OCH3 is 1. The van der Waals surface area contributed by atoms with E-state index in [1.165, 1.54) is 6.07 Å². The fourth-order valence-electron chi connectivity index (χ4n) is 5.27. The number of hydrogen-bond donors (Lipinski definition) is 1. The van der Waals surface area contributed by atoms with Crippen molar-refractivity contribution in [3.05, 3.63) is 83.9 Å². The minimum absolute atomic E-state index is 0.0390. The molecule has 2 fully saturated rings. The Balaban J connectivity index is 1.37. The van der Waals surface area contributed by atoms with E-state index in [4.69, 9.17) is 10.5 Å². The van der Waals surface area contributed by atoms with E-state index in [0.29, 0.717) is 25.3 Å². The van der Waals surface area contributed by atoms with Gasteiger partial charge in [-0.1, -0.05) is 55.3 Å². The highest BCUT2D eigenvalue weighted by Gasteiger charge is 2.48. The molecule has 2 aliphatic rings. The number of anilines is 1. The van der Waals surface area contributed by atoms with Crippen molar-refractivity contribution < 1.29 is 13.9 Å². The van der Waals surface area contributed by atoms with E-state index in [-0.39, 0.29) is 23.3 Å². The molecule has 0 unspecified atom stereocenters. The van der Waals surface area contributed by atoms with Gasteiger partial charge in [-0.15, -0.1) is 0 Å². The van der Waals surface area contributed by atoms with Crippen molar-refractivity contribution in [3.8, 4) is 11.1 Å². The summed E-state index contributed by atoms with van der Waals surface area (Å²) in [7, 11) is 1.69. The molecule has 0 radical (unpaired) electrons. The van der Waals surface area contributed by atoms with Crippen molar-refractivity contribution in [2.75, 3.05) is 18.6 Å². The van der Waals surface area contributed by atoms with E-state index in [0.717, 1.165) is 48.1 Å². The first-order valence-electron chi connectivity index (χ1n) is 12.4. The fraction of sp³-hybridized carbons (Fsp3) is 0.379. The Labute approximate surface area is 206 Å². The summed E-state index contributed by atoms with van der Waals surface area (Å²) < 4.78 is 18.8. The number of carbonyl (C=O) groups excluding carboxylic acids is 1. The Hall–Kier alpha value is -3.09. The average molecular weight is 474 g/mol. The van der Waals surface area contributed by atoms with Crippen LogP contribution in [0.3, 0.4) is 0 Å². The van der Waals surface area contributed by atoms with Crippen LogP contribution in [0.4, 0.5) is 10.1 Å². The number of hydrogen-bond acceptors (Lipinski definition) is 4. The highest BCUT2D eigenvalue weighted by atomic mass is 19.1. The first-order valence-corrected chi connectivity index (χ1v) is 12.4. The molecule has 2 aromatic carbocycles. The number of ether oxygens (including phenoxy) is 1. The van der Waals surface area contributed by atoms with E-state index < -0.39 is 5.95 Å². The number of nitrogens with zero attached hydrogens (tertiary/aromatic N) is 2. The van der Waals surface area contributed by atoms with Crippen LogP contribution < -0.4 is 10.6 Å². The summed E-state index contributed by atoms with van der Waals surface area (Å²) >= 11 is 0. The maximum Gasteiger partial charge on any atom is 0.230 e.